The molecule has 1 aromatic rings. The Morgan fingerprint density at radius 3 is 2.38 bits per heavy atom. The van der Waals surface area contributed by atoms with Gasteiger partial charge in [0.25, 0.3) is 0 Å². The molecule has 0 saturated heterocycles. The minimum Gasteiger partial charge on any atom is -0.479 e. The first kappa shape index (κ1) is 16.9. The number of ether oxygens (including phenoxy) is 3. The molecule has 116 valence electrons. The van der Waals surface area contributed by atoms with Gasteiger partial charge in [0.2, 0.25) is 0 Å². The van der Waals surface area contributed by atoms with E-state index in [4.69, 9.17) is 9.47 Å². The molecule has 0 aliphatic heterocycles. The number of carbonyl (C=O) groups excluding carboxylic acids is 2. The third-order valence-electron chi connectivity index (χ3n) is 2.52. The van der Waals surface area contributed by atoms with E-state index in [1.807, 2.05) is 0 Å². The summed E-state index contributed by atoms with van der Waals surface area (Å²) in [7, 11) is 1.23. The lowest BCUT2D eigenvalue weighted by Crippen LogP contribution is -2.27. The Kier molecular flexibility index (Phi) is 5.29. The van der Waals surface area contributed by atoms with Gasteiger partial charge < -0.3 is 14.2 Å². The summed E-state index contributed by atoms with van der Waals surface area (Å²) in [4.78, 5) is 23.1. The van der Waals surface area contributed by atoms with Crippen LogP contribution in [0, 0.1) is 12.7 Å². The normalized spacial score (nSPS) is 11.0. The van der Waals surface area contributed by atoms with Gasteiger partial charge in [-0.3, -0.25) is 0 Å². The monoisotopic (exact) mass is 298 g/mol. The summed E-state index contributed by atoms with van der Waals surface area (Å²) in [6, 6.07) is 2.39. The van der Waals surface area contributed by atoms with Gasteiger partial charge in [-0.1, -0.05) is 0 Å². The lowest BCUT2D eigenvalue weighted by atomic mass is 10.1. The lowest BCUT2D eigenvalue weighted by Gasteiger charge is -2.20. The Balaban J connectivity index is 2.89. The van der Waals surface area contributed by atoms with Crippen LogP contribution in [0.2, 0.25) is 0 Å². The minimum atomic E-state index is -0.663. The van der Waals surface area contributed by atoms with Gasteiger partial charge in [0.05, 0.1) is 12.7 Å². The number of methoxy groups -OCH3 is 1. The number of hydrogen-bond acceptors (Lipinski definition) is 5. The molecule has 0 amide bonds. The van der Waals surface area contributed by atoms with Gasteiger partial charge in [-0.25, -0.2) is 14.0 Å². The van der Waals surface area contributed by atoms with E-state index in [1.54, 1.807) is 20.8 Å². The van der Waals surface area contributed by atoms with Crippen LogP contribution in [0.15, 0.2) is 12.1 Å². The van der Waals surface area contributed by atoms with E-state index < -0.39 is 30.0 Å². The van der Waals surface area contributed by atoms with Crippen molar-refractivity contribution < 1.29 is 28.2 Å². The predicted molar refractivity (Wildman–Crippen MR) is 73.8 cm³/mol. The highest BCUT2D eigenvalue weighted by molar-refractivity contribution is 5.91. The van der Waals surface area contributed by atoms with E-state index in [-0.39, 0.29) is 16.9 Å². The second-order valence-electron chi connectivity index (χ2n) is 5.42. The van der Waals surface area contributed by atoms with Crippen molar-refractivity contribution >= 4 is 11.9 Å². The smallest absolute Gasteiger partial charge is 0.344 e. The number of benzene rings is 1. The van der Waals surface area contributed by atoms with Crippen molar-refractivity contribution in [2.24, 2.45) is 0 Å². The van der Waals surface area contributed by atoms with Gasteiger partial charge in [0, 0.05) is 5.56 Å². The second-order valence-corrected chi connectivity index (χ2v) is 5.42. The van der Waals surface area contributed by atoms with E-state index in [9.17, 15) is 14.0 Å². The van der Waals surface area contributed by atoms with Crippen molar-refractivity contribution in [2.75, 3.05) is 13.7 Å². The number of carbonyl (C=O) groups is 2. The molecular formula is C15H19FO5. The molecule has 0 spiro atoms. The predicted octanol–water partition coefficient (Wildman–Crippen LogP) is 2.64. The van der Waals surface area contributed by atoms with E-state index in [0.29, 0.717) is 0 Å². The molecule has 21 heavy (non-hydrogen) atoms. The van der Waals surface area contributed by atoms with Crippen LogP contribution in [0.5, 0.6) is 5.75 Å². The maximum absolute atomic E-state index is 13.8. The molecule has 0 heterocycles. The van der Waals surface area contributed by atoms with E-state index in [0.717, 1.165) is 6.07 Å². The van der Waals surface area contributed by atoms with Crippen molar-refractivity contribution in [2.45, 2.75) is 33.3 Å². The second kappa shape index (κ2) is 6.56. The topological polar surface area (TPSA) is 61.8 Å². The molecule has 0 aliphatic rings. The van der Waals surface area contributed by atoms with Crippen LogP contribution in [-0.2, 0) is 14.3 Å². The molecule has 0 N–H and O–H groups in total. The van der Waals surface area contributed by atoms with Crippen LogP contribution in [0.4, 0.5) is 4.39 Å². The fourth-order valence-electron chi connectivity index (χ4n) is 1.67. The molecule has 0 radical (unpaired) electrons. The zero-order chi connectivity index (χ0) is 16.2. The number of halogens is 1. The van der Waals surface area contributed by atoms with Crippen LogP contribution in [0.3, 0.4) is 0 Å². The summed E-state index contributed by atoms with van der Waals surface area (Å²) in [6.07, 6.45) is 0. The molecule has 0 unspecified atom stereocenters. The Bertz CT molecular complexity index is 546. The van der Waals surface area contributed by atoms with Crippen LogP contribution in [0.25, 0.3) is 0 Å². The largest absolute Gasteiger partial charge is 0.479 e. The van der Waals surface area contributed by atoms with Crippen molar-refractivity contribution in [3.63, 3.8) is 0 Å². The van der Waals surface area contributed by atoms with Gasteiger partial charge in [0.1, 0.15) is 5.60 Å². The molecule has 0 bridgehead atoms. The SMILES string of the molecule is COC(=O)c1ccc(F)c(OCC(=O)OC(C)(C)C)c1C. The molecule has 1 rings (SSSR count). The summed E-state index contributed by atoms with van der Waals surface area (Å²) in [5.41, 5.74) is -0.203. The van der Waals surface area contributed by atoms with Crippen LogP contribution >= 0.6 is 0 Å². The summed E-state index contributed by atoms with van der Waals surface area (Å²) >= 11 is 0. The van der Waals surface area contributed by atoms with Crippen molar-refractivity contribution in [1.29, 1.82) is 0 Å². The standard InChI is InChI=1S/C15H19FO5/c1-9-10(14(18)19-5)6-7-11(16)13(9)20-8-12(17)21-15(2,3)4/h6-7H,8H2,1-5H3. The molecule has 0 fully saturated rings. The Labute approximate surface area is 123 Å². The third kappa shape index (κ3) is 4.73. The molecule has 1 aromatic carbocycles. The average Bonchev–Trinajstić information content (AvgIpc) is 2.35. The third-order valence-corrected chi connectivity index (χ3v) is 2.52. The fraction of sp³-hybridized carbons (Fsp3) is 0.467. The zero-order valence-corrected chi connectivity index (χ0v) is 12.8. The average molecular weight is 298 g/mol. The summed E-state index contributed by atoms with van der Waals surface area (Å²) in [5, 5.41) is 0. The molecular weight excluding hydrogens is 279 g/mol. The van der Waals surface area contributed by atoms with Crippen molar-refractivity contribution in [3.8, 4) is 5.75 Å². The van der Waals surface area contributed by atoms with Crippen LogP contribution < -0.4 is 4.74 Å². The molecule has 6 heteroatoms. The van der Waals surface area contributed by atoms with Gasteiger partial charge in [-0.2, -0.15) is 0 Å². The Morgan fingerprint density at radius 2 is 1.86 bits per heavy atom. The highest BCUT2D eigenvalue weighted by Gasteiger charge is 2.20. The van der Waals surface area contributed by atoms with Gasteiger partial charge >= 0.3 is 11.9 Å². The van der Waals surface area contributed by atoms with E-state index in [2.05, 4.69) is 4.74 Å². The molecule has 0 aromatic heterocycles. The van der Waals surface area contributed by atoms with E-state index >= 15 is 0 Å². The minimum absolute atomic E-state index is 0.163. The van der Waals surface area contributed by atoms with Crippen molar-refractivity contribution in [3.05, 3.63) is 29.1 Å². The Hall–Kier alpha value is -2.11. The van der Waals surface area contributed by atoms with Crippen LogP contribution in [-0.4, -0.2) is 31.3 Å². The first-order valence-corrected chi connectivity index (χ1v) is 6.37. The maximum atomic E-state index is 13.8. The zero-order valence-electron chi connectivity index (χ0n) is 12.8. The highest BCUT2D eigenvalue weighted by Crippen LogP contribution is 2.26. The van der Waals surface area contributed by atoms with Crippen LogP contribution in [0.1, 0.15) is 36.7 Å². The van der Waals surface area contributed by atoms with Gasteiger partial charge in [-0.05, 0) is 39.8 Å². The number of hydrogen-bond donors (Lipinski definition) is 0. The molecule has 5 nitrogen and oxygen atoms in total. The first-order valence-electron chi connectivity index (χ1n) is 6.37. The van der Waals surface area contributed by atoms with Gasteiger partial charge in [-0.15, -0.1) is 0 Å². The molecule has 0 aliphatic carbocycles. The Morgan fingerprint density at radius 1 is 1.24 bits per heavy atom. The highest BCUT2D eigenvalue weighted by atomic mass is 19.1. The quantitative estimate of drug-likeness (QED) is 0.800. The molecule has 0 atom stereocenters. The summed E-state index contributed by atoms with van der Waals surface area (Å²) in [5.74, 6) is -2.05. The maximum Gasteiger partial charge on any atom is 0.344 e. The van der Waals surface area contributed by atoms with E-state index in [1.165, 1.54) is 20.1 Å². The fourth-order valence-corrected chi connectivity index (χ4v) is 1.67. The van der Waals surface area contributed by atoms with Crippen molar-refractivity contribution in [1.82, 2.24) is 0 Å². The molecule has 0 saturated carbocycles. The summed E-state index contributed by atoms with van der Waals surface area (Å²) < 4.78 is 28.6. The number of esters is 2. The summed E-state index contributed by atoms with van der Waals surface area (Å²) in [6.45, 7) is 6.22. The lowest BCUT2D eigenvalue weighted by molar-refractivity contribution is -0.157. The first-order chi connectivity index (χ1) is 9.65. The number of rotatable bonds is 4. The van der Waals surface area contributed by atoms with Gasteiger partial charge in [0.15, 0.2) is 18.2 Å².